The molecule has 0 unspecified atom stereocenters. The van der Waals surface area contributed by atoms with E-state index in [0.717, 1.165) is 20.9 Å². The summed E-state index contributed by atoms with van der Waals surface area (Å²) in [6.07, 6.45) is 1.59. The van der Waals surface area contributed by atoms with Crippen LogP contribution in [0.3, 0.4) is 0 Å². The molecule has 0 aliphatic carbocycles. The lowest BCUT2D eigenvalue weighted by Gasteiger charge is -1.99. The van der Waals surface area contributed by atoms with Gasteiger partial charge in [-0.25, -0.2) is 4.98 Å². The molecule has 1 heterocycles. The fourth-order valence-electron chi connectivity index (χ4n) is 1.85. The van der Waals surface area contributed by atoms with Crippen LogP contribution in [0.15, 0.2) is 47.6 Å². The molecule has 0 saturated carbocycles. The number of rotatable bonds is 3. The van der Waals surface area contributed by atoms with E-state index in [1.807, 2.05) is 43.3 Å². The molecule has 5 heteroatoms. The van der Waals surface area contributed by atoms with Crippen molar-refractivity contribution in [3.05, 3.63) is 53.6 Å². The number of anilines is 1. The highest BCUT2D eigenvalue weighted by molar-refractivity contribution is 7.22. The summed E-state index contributed by atoms with van der Waals surface area (Å²) in [7, 11) is 0. The molecule has 0 fully saturated rings. The molecule has 0 atom stereocenters. The van der Waals surface area contributed by atoms with E-state index in [4.69, 9.17) is 0 Å². The van der Waals surface area contributed by atoms with Gasteiger partial charge in [0.1, 0.15) is 5.75 Å². The number of hydrogen-bond acceptors (Lipinski definition) is 5. The minimum Gasteiger partial charge on any atom is -0.507 e. The monoisotopic (exact) mass is 283 g/mol. The van der Waals surface area contributed by atoms with E-state index in [1.165, 1.54) is 0 Å². The molecule has 0 radical (unpaired) electrons. The summed E-state index contributed by atoms with van der Waals surface area (Å²) in [5.41, 5.74) is 5.60. The van der Waals surface area contributed by atoms with Gasteiger partial charge in [-0.3, -0.25) is 5.43 Å². The van der Waals surface area contributed by atoms with Crippen LogP contribution < -0.4 is 5.43 Å². The van der Waals surface area contributed by atoms with Gasteiger partial charge in [0.15, 0.2) is 0 Å². The zero-order valence-corrected chi connectivity index (χ0v) is 11.7. The zero-order valence-electron chi connectivity index (χ0n) is 10.9. The minimum atomic E-state index is 0.213. The molecule has 0 saturated heterocycles. The summed E-state index contributed by atoms with van der Waals surface area (Å²) in [4.78, 5) is 4.42. The molecule has 0 aliphatic rings. The van der Waals surface area contributed by atoms with Crippen LogP contribution in [0.4, 0.5) is 5.13 Å². The Kier molecular flexibility index (Phi) is 3.35. The molecule has 0 spiro atoms. The molecule has 100 valence electrons. The zero-order chi connectivity index (χ0) is 13.9. The van der Waals surface area contributed by atoms with Gasteiger partial charge in [0.2, 0.25) is 5.13 Å². The smallest absolute Gasteiger partial charge is 0.204 e. The summed E-state index contributed by atoms with van der Waals surface area (Å²) in [6, 6.07) is 13.3. The van der Waals surface area contributed by atoms with Gasteiger partial charge < -0.3 is 5.11 Å². The molecule has 1 aromatic heterocycles. The van der Waals surface area contributed by atoms with E-state index in [1.54, 1.807) is 23.6 Å². The molecule has 2 N–H and O–H groups in total. The fraction of sp³-hybridized carbons (Fsp3) is 0.0667. The van der Waals surface area contributed by atoms with Gasteiger partial charge in [0, 0.05) is 5.56 Å². The molecule has 3 aromatic rings. The molecule has 0 amide bonds. The second-order valence-electron chi connectivity index (χ2n) is 4.42. The minimum absolute atomic E-state index is 0.213. The number of nitrogens with one attached hydrogen (secondary N) is 1. The number of nitrogens with zero attached hydrogens (tertiary/aromatic N) is 2. The number of para-hydroxylation sites is 1. The van der Waals surface area contributed by atoms with Crippen LogP contribution in [0, 0.1) is 6.92 Å². The van der Waals surface area contributed by atoms with Crippen molar-refractivity contribution >= 4 is 32.9 Å². The van der Waals surface area contributed by atoms with Crippen LogP contribution in [0.5, 0.6) is 5.75 Å². The van der Waals surface area contributed by atoms with Crippen LogP contribution in [-0.2, 0) is 0 Å². The highest BCUT2D eigenvalue weighted by Gasteiger charge is 2.01. The quantitative estimate of drug-likeness (QED) is 0.568. The van der Waals surface area contributed by atoms with Crippen molar-refractivity contribution in [1.29, 1.82) is 0 Å². The second-order valence-corrected chi connectivity index (χ2v) is 5.45. The number of phenolic OH excluding ortho intramolecular Hbond substituents is 1. The Morgan fingerprint density at radius 2 is 2.10 bits per heavy atom. The van der Waals surface area contributed by atoms with Crippen molar-refractivity contribution in [1.82, 2.24) is 4.98 Å². The molecular formula is C15H13N3OS. The van der Waals surface area contributed by atoms with Gasteiger partial charge in [-0.1, -0.05) is 35.1 Å². The highest BCUT2D eigenvalue weighted by atomic mass is 32.1. The van der Waals surface area contributed by atoms with Crippen molar-refractivity contribution < 1.29 is 5.11 Å². The summed E-state index contributed by atoms with van der Waals surface area (Å²) in [6.45, 7) is 1.97. The van der Waals surface area contributed by atoms with Crippen LogP contribution in [0.25, 0.3) is 10.2 Å². The first-order chi connectivity index (χ1) is 9.72. The Morgan fingerprint density at radius 3 is 2.95 bits per heavy atom. The number of thiazole rings is 1. The maximum atomic E-state index is 9.71. The lowest BCUT2D eigenvalue weighted by molar-refractivity contribution is 0.474. The summed E-state index contributed by atoms with van der Waals surface area (Å²) >= 11 is 1.54. The number of hydrazone groups is 1. The third-order valence-electron chi connectivity index (χ3n) is 2.84. The molecule has 3 rings (SSSR count). The predicted molar refractivity (Wildman–Crippen MR) is 83.7 cm³/mol. The van der Waals surface area contributed by atoms with Gasteiger partial charge in [0.25, 0.3) is 0 Å². The van der Waals surface area contributed by atoms with Gasteiger partial charge in [-0.05, 0) is 31.2 Å². The lowest BCUT2D eigenvalue weighted by atomic mass is 10.1. The summed E-state index contributed by atoms with van der Waals surface area (Å²) in [5, 5.41) is 14.6. The standard InChI is InChI=1S/C15H13N3OS/c1-10-6-7-13(19)11(8-10)9-16-18-15-17-12-4-2-3-5-14(12)20-15/h2-9,19H,1H3,(H,17,18). The van der Waals surface area contributed by atoms with Gasteiger partial charge in [-0.2, -0.15) is 5.10 Å². The number of aromatic hydroxyl groups is 1. The summed E-state index contributed by atoms with van der Waals surface area (Å²) < 4.78 is 1.11. The van der Waals surface area contributed by atoms with E-state index in [0.29, 0.717) is 5.56 Å². The van der Waals surface area contributed by atoms with E-state index in [9.17, 15) is 5.11 Å². The number of aryl methyl sites for hydroxylation is 1. The van der Waals surface area contributed by atoms with Crippen molar-refractivity contribution in [2.45, 2.75) is 6.92 Å². The summed E-state index contributed by atoms with van der Waals surface area (Å²) in [5.74, 6) is 0.213. The van der Waals surface area contributed by atoms with Crippen molar-refractivity contribution in [3.63, 3.8) is 0 Å². The number of benzene rings is 2. The van der Waals surface area contributed by atoms with Crippen molar-refractivity contribution in [2.24, 2.45) is 5.10 Å². The first-order valence-corrected chi connectivity index (χ1v) is 6.98. The normalized spacial score (nSPS) is 11.2. The van der Waals surface area contributed by atoms with Gasteiger partial charge in [0.05, 0.1) is 16.4 Å². The molecule has 20 heavy (non-hydrogen) atoms. The molecule has 0 aliphatic heterocycles. The molecular weight excluding hydrogens is 270 g/mol. The Hall–Kier alpha value is -2.40. The maximum absolute atomic E-state index is 9.71. The number of fused-ring (bicyclic) bond motifs is 1. The highest BCUT2D eigenvalue weighted by Crippen LogP contribution is 2.25. The Balaban J connectivity index is 1.78. The topological polar surface area (TPSA) is 57.5 Å². The first kappa shape index (κ1) is 12.6. The van der Waals surface area contributed by atoms with Gasteiger partial charge >= 0.3 is 0 Å². The Labute approximate surface area is 120 Å². The third-order valence-corrected chi connectivity index (χ3v) is 3.78. The Morgan fingerprint density at radius 1 is 1.25 bits per heavy atom. The SMILES string of the molecule is Cc1ccc(O)c(C=NNc2nc3ccccc3s2)c1. The second kappa shape index (κ2) is 5.30. The predicted octanol–water partition coefficient (Wildman–Crippen LogP) is 3.76. The largest absolute Gasteiger partial charge is 0.507 e. The Bertz CT molecular complexity index is 747. The fourth-order valence-corrected chi connectivity index (χ4v) is 2.67. The van der Waals surface area contributed by atoms with Gasteiger partial charge in [-0.15, -0.1) is 0 Å². The van der Waals surface area contributed by atoms with E-state index < -0.39 is 0 Å². The van der Waals surface area contributed by atoms with Crippen molar-refractivity contribution in [2.75, 3.05) is 5.43 Å². The molecule has 0 bridgehead atoms. The van der Waals surface area contributed by atoms with E-state index >= 15 is 0 Å². The van der Waals surface area contributed by atoms with Crippen LogP contribution >= 0.6 is 11.3 Å². The number of hydrogen-bond donors (Lipinski definition) is 2. The average molecular weight is 283 g/mol. The first-order valence-electron chi connectivity index (χ1n) is 6.16. The maximum Gasteiger partial charge on any atom is 0.204 e. The number of phenols is 1. The lowest BCUT2D eigenvalue weighted by Crippen LogP contribution is -1.90. The molecule has 2 aromatic carbocycles. The average Bonchev–Trinajstić information content (AvgIpc) is 2.85. The van der Waals surface area contributed by atoms with Crippen molar-refractivity contribution in [3.8, 4) is 5.75 Å². The van der Waals surface area contributed by atoms with Crippen LogP contribution in [-0.4, -0.2) is 16.3 Å². The molecule has 4 nitrogen and oxygen atoms in total. The van der Waals surface area contributed by atoms with E-state index in [-0.39, 0.29) is 5.75 Å². The van der Waals surface area contributed by atoms with Crippen LogP contribution in [0.2, 0.25) is 0 Å². The van der Waals surface area contributed by atoms with Crippen LogP contribution in [0.1, 0.15) is 11.1 Å². The number of aromatic nitrogens is 1. The van der Waals surface area contributed by atoms with E-state index in [2.05, 4.69) is 15.5 Å². The third kappa shape index (κ3) is 2.62.